The minimum atomic E-state index is -1.01. The van der Waals surface area contributed by atoms with E-state index in [2.05, 4.69) is 10.6 Å². The number of carboxylic acids is 1. The molecule has 2 aliphatic carbocycles. The Balaban J connectivity index is 1.63. The Labute approximate surface area is 134 Å². The molecule has 1 unspecified atom stereocenters. The van der Waals surface area contributed by atoms with Gasteiger partial charge in [-0.1, -0.05) is 18.9 Å². The van der Waals surface area contributed by atoms with Gasteiger partial charge in [-0.05, 0) is 43.4 Å². The van der Waals surface area contributed by atoms with Gasteiger partial charge in [-0.15, -0.1) is 0 Å². The summed E-state index contributed by atoms with van der Waals surface area (Å²) in [6.07, 6.45) is 4.35. The molecule has 0 spiro atoms. The molecular formula is C17H20N2O4. The highest BCUT2D eigenvalue weighted by Gasteiger charge is 2.31. The van der Waals surface area contributed by atoms with Crippen LogP contribution in [0.25, 0.3) is 0 Å². The topological polar surface area (TPSA) is 95.5 Å². The molecule has 2 amide bonds. The fourth-order valence-corrected chi connectivity index (χ4v) is 2.48. The van der Waals surface area contributed by atoms with E-state index in [-0.39, 0.29) is 11.8 Å². The number of hydrogen-bond donors (Lipinski definition) is 3. The van der Waals surface area contributed by atoms with Crippen molar-refractivity contribution in [3.05, 3.63) is 29.8 Å². The smallest absolute Gasteiger partial charge is 0.326 e. The number of benzene rings is 1. The zero-order valence-corrected chi connectivity index (χ0v) is 12.7. The summed E-state index contributed by atoms with van der Waals surface area (Å²) in [5, 5.41) is 14.6. The summed E-state index contributed by atoms with van der Waals surface area (Å²) in [4.78, 5) is 35.3. The van der Waals surface area contributed by atoms with E-state index in [9.17, 15) is 19.5 Å². The van der Waals surface area contributed by atoms with E-state index < -0.39 is 17.9 Å². The third-order valence-corrected chi connectivity index (χ3v) is 4.21. The van der Waals surface area contributed by atoms with Gasteiger partial charge in [-0.25, -0.2) is 4.79 Å². The molecule has 6 heteroatoms. The highest BCUT2D eigenvalue weighted by atomic mass is 16.4. The second-order valence-corrected chi connectivity index (χ2v) is 6.39. The Kier molecular flexibility index (Phi) is 4.32. The van der Waals surface area contributed by atoms with Crippen LogP contribution in [0.4, 0.5) is 5.69 Å². The Morgan fingerprint density at radius 2 is 1.91 bits per heavy atom. The molecule has 3 N–H and O–H groups in total. The minimum Gasteiger partial charge on any atom is -0.480 e. The number of anilines is 1. The van der Waals surface area contributed by atoms with Crippen LogP contribution in [0.1, 0.15) is 42.5 Å². The van der Waals surface area contributed by atoms with Gasteiger partial charge in [0.2, 0.25) is 5.91 Å². The van der Waals surface area contributed by atoms with Crippen molar-refractivity contribution in [2.45, 2.75) is 38.1 Å². The first-order valence-electron chi connectivity index (χ1n) is 7.97. The number of carboxylic acid groups (broad SMARTS) is 1. The van der Waals surface area contributed by atoms with Crippen LogP contribution in [-0.4, -0.2) is 28.9 Å². The quantitative estimate of drug-likeness (QED) is 0.717. The van der Waals surface area contributed by atoms with Crippen LogP contribution in [0.5, 0.6) is 0 Å². The fraction of sp³-hybridized carbons (Fsp3) is 0.471. The van der Waals surface area contributed by atoms with Crippen LogP contribution in [0, 0.1) is 11.8 Å². The number of amides is 2. The van der Waals surface area contributed by atoms with Gasteiger partial charge in [0.1, 0.15) is 6.04 Å². The number of hydrogen-bond acceptors (Lipinski definition) is 3. The van der Waals surface area contributed by atoms with E-state index in [1.807, 2.05) is 0 Å². The van der Waals surface area contributed by atoms with Crippen LogP contribution in [0.2, 0.25) is 0 Å². The maximum absolute atomic E-state index is 12.3. The number of carbonyl (C=O) groups excluding carboxylic acids is 2. The molecule has 0 saturated heterocycles. The number of nitrogens with one attached hydrogen (secondary N) is 2. The minimum absolute atomic E-state index is 0.0281. The predicted octanol–water partition coefficient (Wildman–Crippen LogP) is 2.02. The van der Waals surface area contributed by atoms with Crippen molar-refractivity contribution in [2.24, 2.45) is 11.8 Å². The van der Waals surface area contributed by atoms with E-state index >= 15 is 0 Å². The van der Waals surface area contributed by atoms with Crippen molar-refractivity contribution in [3.8, 4) is 0 Å². The van der Waals surface area contributed by atoms with Crippen LogP contribution in [0.15, 0.2) is 24.3 Å². The lowest BCUT2D eigenvalue weighted by molar-refractivity contribution is -0.139. The first-order chi connectivity index (χ1) is 11.0. The summed E-state index contributed by atoms with van der Waals surface area (Å²) in [7, 11) is 0. The standard InChI is InChI=1S/C17H20N2O4/c20-15(11-6-7-11)18-13-3-1-2-12(9-13)16(21)19-14(17(22)23)8-10-4-5-10/h1-3,9-11,14H,4-8H2,(H,18,20)(H,19,21)(H,22,23). The summed E-state index contributed by atoms with van der Waals surface area (Å²) in [6.45, 7) is 0. The van der Waals surface area contributed by atoms with Crippen molar-refractivity contribution >= 4 is 23.5 Å². The second kappa shape index (κ2) is 6.40. The SMILES string of the molecule is O=C(NC(CC1CC1)C(=O)O)c1cccc(NC(=O)C2CC2)c1. The largest absolute Gasteiger partial charge is 0.480 e. The van der Waals surface area contributed by atoms with Crippen LogP contribution in [-0.2, 0) is 9.59 Å². The van der Waals surface area contributed by atoms with Crippen molar-refractivity contribution in [1.82, 2.24) is 5.32 Å². The van der Waals surface area contributed by atoms with Crippen molar-refractivity contribution < 1.29 is 19.5 Å². The van der Waals surface area contributed by atoms with Crippen LogP contribution in [0.3, 0.4) is 0 Å². The van der Waals surface area contributed by atoms with E-state index in [0.717, 1.165) is 25.7 Å². The zero-order valence-electron chi connectivity index (χ0n) is 12.7. The molecule has 0 heterocycles. The normalized spacial score (nSPS) is 18.1. The molecule has 1 atom stereocenters. The predicted molar refractivity (Wildman–Crippen MR) is 84.0 cm³/mol. The van der Waals surface area contributed by atoms with Gasteiger partial charge in [0.15, 0.2) is 0 Å². The van der Waals surface area contributed by atoms with Crippen molar-refractivity contribution in [3.63, 3.8) is 0 Å². The first kappa shape index (κ1) is 15.5. The van der Waals surface area contributed by atoms with Crippen LogP contribution < -0.4 is 10.6 Å². The molecule has 0 radical (unpaired) electrons. The molecule has 23 heavy (non-hydrogen) atoms. The van der Waals surface area contributed by atoms with E-state index in [1.54, 1.807) is 24.3 Å². The van der Waals surface area contributed by atoms with E-state index in [4.69, 9.17) is 0 Å². The molecule has 0 aliphatic heterocycles. The van der Waals surface area contributed by atoms with Gasteiger partial charge in [0.05, 0.1) is 0 Å². The summed E-state index contributed by atoms with van der Waals surface area (Å²) in [5.41, 5.74) is 0.907. The number of carbonyl (C=O) groups is 3. The molecule has 3 rings (SSSR count). The highest BCUT2D eigenvalue weighted by Crippen LogP contribution is 2.33. The van der Waals surface area contributed by atoms with E-state index in [0.29, 0.717) is 23.6 Å². The van der Waals surface area contributed by atoms with Crippen molar-refractivity contribution in [1.29, 1.82) is 0 Å². The van der Waals surface area contributed by atoms with Gasteiger partial charge in [0, 0.05) is 17.2 Å². The average molecular weight is 316 g/mol. The Bertz CT molecular complexity index is 635. The molecule has 2 aliphatic rings. The summed E-state index contributed by atoms with van der Waals surface area (Å²) in [5.74, 6) is -0.980. The summed E-state index contributed by atoms with van der Waals surface area (Å²) >= 11 is 0. The second-order valence-electron chi connectivity index (χ2n) is 6.39. The Hall–Kier alpha value is -2.37. The molecule has 1 aromatic rings. The third-order valence-electron chi connectivity index (χ3n) is 4.21. The molecule has 0 bridgehead atoms. The summed E-state index contributed by atoms with van der Waals surface area (Å²) in [6, 6.07) is 5.72. The molecule has 122 valence electrons. The fourth-order valence-electron chi connectivity index (χ4n) is 2.48. The monoisotopic (exact) mass is 316 g/mol. The molecular weight excluding hydrogens is 296 g/mol. The van der Waals surface area contributed by atoms with Gasteiger partial charge >= 0.3 is 5.97 Å². The molecule has 2 fully saturated rings. The molecule has 1 aromatic carbocycles. The number of aliphatic carboxylic acids is 1. The maximum atomic E-state index is 12.3. The van der Waals surface area contributed by atoms with Gasteiger partial charge in [-0.3, -0.25) is 9.59 Å². The third kappa shape index (κ3) is 4.31. The average Bonchev–Trinajstić information content (AvgIpc) is 3.38. The summed E-state index contributed by atoms with van der Waals surface area (Å²) < 4.78 is 0. The van der Waals surface area contributed by atoms with Gasteiger partial charge in [-0.2, -0.15) is 0 Å². The lowest BCUT2D eigenvalue weighted by Gasteiger charge is -2.14. The molecule has 2 saturated carbocycles. The Morgan fingerprint density at radius 1 is 1.17 bits per heavy atom. The zero-order chi connectivity index (χ0) is 16.4. The Morgan fingerprint density at radius 3 is 2.52 bits per heavy atom. The van der Waals surface area contributed by atoms with Crippen molar-refractivity contribution in [2.75, 3.05) is 5.32 Å². The van der Waals surface area contributed by atoms with Gasteiger partial charge < -0.3 is 15.7 Å². The lowest BCUT2D eigenvalue weighted by atomic mass is 10.1. The van der Waals surface area contributed by atoms with E-state index in [1.165, 1.54) is 0 Å². The first-order valence-corrected chi connectivity index (χ1v) is 7.97. The molecule has 6 nitrogen and oxygen atoms in total. The number of rotatable bonds is 7. The molecule has 0 aromatic heterocycles. The lowest BCUT2D eigenvalue weighted by Crippen LogP contribution is -2.41. The van der Waals surface area contributed by atoms with Crippen LogP contribution >= 0.6 is 0 Å². The van der Waals surface area contributed by atoms with Gasteiger partial charge in [0.25, 0.3) is 5.91 Å². The maximum Gasteiger partial charge on any atom is 0.326 e. The highest BCUT2D eigenvalue weighted by molar-refractivity contribution is 5.99.